The average molecular weight is 363 g/mol. The first-order valence-electron chi connectivity index (χ1n) is 8.47. The number of amides is 1. The monoisotopic (exact) mass is 363 g/mol. The predicted octanol–water partition coefficient (Wildman–Crippen LogP) is 1.35. The van der Waals surface area contributed by atoms with Gasteiger partial charge in [-0.1, -0.05) is 0 Å². The number of aryl methyl sites for hydroxylation is 1. The number of nitrogens with one attached hydrogen (secondary N) is 1. The van der Waals surface area contributed by atoms with Gasteiger partial charge < -0.3 is 19.5 Å². The number of hydrogen-bond acceptors (Lipinski definition) is 6. The molecular formula is C18H25N3O5. The van der Waals surface area contributed by atoms with Crippen LogP contribution in [0.5, 0.6) is 11.5 Å². The van der Waals surface area contributed by atoms with Gasteiger partial charge in [0.05, 0.1) is 31.4 Å². The highest BCUT2D eigenvalue weighted by molar-refractivity contribution is 5.81. The number of benzene rings is 1. The van der Waals surface area contributed by atoms with E-state index in [4.69, 9.17) is 14.2 Å². The van der Waals surface area contributed by atoms with Crippen LogP contribution in [0.25, 0.3) is 10.9 Å². The maximum Gasteiger partial charge on any atom is 0.261 e. The minimum atomic E-state index is -0.170. The van der Waals surface area contributed by atoms with Crippen LogP contribution in [0.4, 0.5) is 0 Å². The summed E-state index contributed by atoms with van der Waals surface area (Å²) in [5, 5.41) is 3.28. The van der Waals surface area contributed by atoms with E-state index in [0.29, 0.717) is 54.9 Å². The molecule has 142 valence electrons. The van der Waals surface area contributed by atoms with Gasteiger partial charge in [0.2, 0.25) is 5.91 Å². The summed E-state index contributed by atoms with van der Waals surface area (Å²) in [6, 6.07) is 3.30. The fourth-order valence-electron chi connectivity index (χ4n) is 2.59. The lowest BCUT2D eigenvalue weighted by Crippen LogP contribution is -2.26. The van der Waals surface area contributed by atoms with Crippen LogP contribution in [0.15, 0.2) is 23.3 Å². The van der Waals surface area contributed by atoms with Gasteiger partial charge in [0.15, 0.2) is 11.5 Å². The predicted molar refractivity (Wildman–Crippen MR) is 97.8 cm³/mol. The summed E-state index contributed by atoms with van der Waals surface area (Å²) in [5.74, 6) is 0.969. The Bertz CT molecular complexity index is 803. The van der Waals surface area contributed by atoms with Crippen LogP contribution in [0.1, 0.15) is 19.3 Å². The first kappa shape index (κ1) is 19.7. The molecule has 8 heteroatoms. The highest BCUT2D eigenvalue weighted by Crippen LogP contribution is 2.29. The van der Waals surface area contributed by atoms with Crippen molar-refractivity contribution in [2.45, 2.75) is 25.8 Å². The Hall–Kier alpha value is -2.61. The minimum absolute atomic E-state index is 0.0331. The number of fused-ring (bicyclic) bond motifs is 1. The van der Waals surface area contributed by atoms with Gasteiger partial charge in [-0.05, 0) is 18.9 Å². The van der Waals surface area contributed by atoms with Crippen LogP contribution in [-0.4, -0.2) is 49.9 Å². The van der Waals surface area contributed by atoms with E-state index >= 15 is 0 Å². The second kappa shape index (κ2) is 9.76. The van der Waals surface area contributed by atoms with Gasteiger partial charge in [0.25, 0.3) is 5.56 Å². The zero-order chi connectivity index (χ0) is 18.9. The van der Waals surface area contributed by atoms with Gasteiger partial charge in [-0.25, -0.2) is 4.98 Å². The summed E-state index contributed by atoms with van der Waals surface area (Å²) in [6.07, 6.45) is 3.18. The fraction of sp³-hybridized carbons (Fsp3) is 0.500. The third kappa shape index (κ3) is 4.95. The number of aromatic nitrogens is 2. The maximum absolute atomic E-state index is 12.6. The average Bonchev–Trinajstić information content (AvgIpc) is 2.66. The van der Waals surface area contributed by atoms with Crippen LogP contribution in [0.3, 0.4) is 0 Å². The van der Waals surface area contributed by atoms with E-state index in [1.807, 2.05) is 0 Å². The highest BCUT2D eigenvalue weighted by atomic mass is 16.5. The summed E-state index contributed by atoms with van der Waals surface area (Å²) in [5.41, 5.74) is 0.372. The second-order valence-corrected chi connectivity index (χ2v) is 5.77. The van der Waals surface area contributed by atoms with Crippen LogP contribution in [0, 0.1) is 0 Å². The van der Waals surface area contributed by atoms with E-state index < -0.39 is 0 Å². The van der Waals surface area contributed by atoms with Crippen molar-refractivity contribution in [2.24, 2.45) is 0 Å². The number of rotatable bonds is 10. The molecule has 26 heavy (non-hydrogen) atoms. The van der Waals surface area contributed by atoms with Gasteiger partial charge in [-0.3, -0.25) is 14.2 Å². The zero-order valence-electron chi connectivity index (χ0n) is 15.4. The van der Waals surface area contributed by atoms with Crippen molar-refractivity contribution in [2.75, 3.05) is 34.5 Å². The van der Waals surface area contributed by atoms with E-state index in [9.17, 15) is 9.59 Å². The number of carbonyl (C=O) groups excluding carboxylic acids is 1. The molecule has 1 N–H and O–H groups in total. The Balaban J connectivity index is 2.01. The Morgan fingerprint density at radius 3 is 2.58 bits per heavy atom. The minimum Gasteiger partial charge on any atom is -0.493 e. The lowest BCUT2D eigenvalue weighted by molar-refractivity contribution is -0.121. The number of nitrogens with zero attached hydrogens (tertiary/aromatic N) is 2. The molecule has 0 fully saturated rings. The molecule has 8 nitrogen and oxygen atoms in total. The van der Waals surface area contributed by atoms with E-state index in [-0.39, 0.29) is 11.5 Å². The zero-order valence-corrected chi connectivity index (χ0v) is 15.4. The molecule has 1 aromatic carbocycles. The Labute approximate surface area is 152 Å². The normalized spacial score (nSPS) is 10.7. The van der Waals surface area contributed by atoms with Gasteiger partial charge in [-0.15, -0.1) is 0 Å². The molecule has 0 aliphatic carbocycles. The summed E-state index contributed by atoms with van der Waals surface area (Å²) >= 11 is 0. The first-order valence-corrected chi connectivity index (χ1v) is 8.47. The number of ether oxygens (including phenoxy) is 3. The smallest absolute Gasteiger partial charge is 0.261 e. The molecule has 1 aromatic heterocycles. The lowest BCUT2D eigenvalue weighted by Gasteiger charge is -2.10. The third-order valence-corrected chi connectivity index (χ3v) is 3.98. The van der Waals surface area contributed by atoms with E-state index in [0.717, 1.165) is 6.42 Å². The molecule has 2 rings (SSSR count). The van der Waals surface area contributed by atoms with Crippen molar-refractivity contribution in [1.29, 1.82) is 0 Å². The summed E-state index contributed by atoms with van der Waals surface area (Å²) in [4.78, 5) is 28.7. The van der Waals surface area contributed by atoms with Crippen molar-refractivity contribution in [3.63, 3.8) is 0 Å². The lowest BCUT2D eigenvalue weighted by atomic mass is 10.2. The molecule has 0 aliphatic heterocycles. The number of hydrogen-bond donors (Lipinski definition) is 1. The van der Waals surface area contributed by atoms with Crippen LogP contribution in [-0.2, 0) is 16.1 Å². The van der Waals surface area contributed by atoms with Gasteiger partial charge >= 0.3 is 0 Å². The molecular weight excluding hydrogens is 338 g/mol. The van der Waals surface area contributed by atoms with E-state index in [2.05, 4.69) is 10.3 Å². The summed E-state index contributed by atoms with van der Waals surface area (Å²) in [6.45, 7) is 1.63. The standard InChI is InChI=1S/C18H25N3O5/c1-24-9-5-7-19-17(22)6-4-8-21-12-20-14-11-16(26-3)15(25-2)10-13(14)18(21)23/h10-12H,4-9H2,1-3H3,(H,19,22). The topological polar surface area (TPSA) is 91.7 Å². The molecule has 0 aliphatic rings. The van der Waals surface area contributed by atoms with Crippen molar-refractivity contribution in [1.82, 2.24) is 14.9 Å². The van der Waals surface area contributed by atoms with E-state index in [1.54, 1.807) is 19.2 Å². The third-order valence-electron chi connectivity index (χ3n) is 3.98. The molecule has 0 saturated carbocycles. The maximum atomic E-state index is 12.6. The Morgan fingerprint density at radius 1 is 1.15 bits per heavy atom. The molecule has 0 atom stereocenters. The van der Waals surface area contributed by atoms with Crippen molar-refractivity contribution < 1.29 is 19.0 Å². The van der Waals surface area contributed by atoms with Crippen LogP contribution >= 0.6 is 0 Å². The van der Waals surface area contributed by atoms with E-state index in [1.165, 1.54) is 25.1 Å². The fourth-order valence-corrected chi connectivity index (χ4v) is 2.59. The summed E-state index contributed by atoms with van der Waals surface area (Å²) < 4.78 is 16.9. The molecule has 0 unspecified atom stereocenters. The molecule has 0 bridgehead atoms. The van der Waals surface area contributed by atoms with Crippen LogP contribution in [0.2, 0.25) is 0 Å². The van der Waals surface area contributed by atoms with Crippen molar-refractivity contribution in [3.05, 3.63) is 28.8 Å². The largest absolute Gasteiger partial charge is 0.493 e. The Morgan fingerprint density at radius 2 is 1.88 bits per heavy atom. The summed E-state index contributed by atoms with van der Waals surface area (Å²) in [7, 11) is 4.68. The quantitative estimate of drug-likeness (QED) is 0.641. The van der Waals surface area contributed by atoms with Gasteiger partial charge in [0.1, 0.15) is 0 Å². The van der Waals surface area contributed by atoms with Crippen molar-refractivity contribution in [3.8, 4) is 11.5 Å². The van der Waals surface area contributed by atoms with Gasteiger partial charge in [0, 0.05) is 39.3 Å². The SMILES string of the molecule is COCCCNC(=O)CCCn1cnc2cc(OC)c(OC)cc2c1=O. The second-order valence-electron chi connectivity index (χ2n) is 5.77. The van der Waals surface area contributed by atoms with Crippen molar-refractivity contribution >= 4 is 16.8 Å². The molecule has 0 radical (unpaired) electrons. The molecule has 1 heterocycles. The highest BCUT2D eigenvalue weighted by Gasteiger charge is 2.11. The molecule has 0 spiro atoms. The first-order chi connectivity index (χ1) is 12.6. The molecule has 0 saturated heterocycles. The number of methoxy groups -OCH3 is 3. The molecule has 2 aromatic rings. The number of carbonyl (C=O) groups is 1. The van der Waals surface area contributed by atoms with Gasteiger partial charge in [-0.2, -0.15) is 0 Å². The Kier molecular flexibility index (Phi) is 7.40. The molecule has 1 amide bonds. The van der Waals surface area contributed by atoms with Crippen LogP contribution < -0.4 is 20.3 Å².